The van der Waals surface area contributed by atoms with Crippen LogP contribution in [0.2, 0.25) is 0 Å². The highest BCUT2D eigenvalue weighted by Gasteiger charge is 2.08. The molecule has 0 fully saturated rings. The zero-order valence-electron chi connectivity index (χ0n) is 14.6. The molecule has 0 aromatic heterocycles. The summed E-state index contributed by atoms with van der Waals surface area (Å²) in [7, 11) is 3.33. The first-order valence-electron chi connectivity index (χ1n) is 8.18. The number of nitrogens with zero attached hydrogens (tertiary/aromatic N) is 1. The van der Waals surface area contributed by atoms with Crippen LogP contribution >= 0.6 is 0 Å². The SMILES string of the molecule is CN=C/C=C(\N)c1cc(-c2ccccc2)ccc1NCCC(=O)NC. The molecular formula is C20H24N4O. The van der Waals surface area contributed by atoms with Crippen molar-refractivity contribution in [1.82, 2.24) is 5.32 Å². The Balaban J connectivity index is 2.33. The van der Waals surface area contributed by atoms with Crippen molar-refractivity contribution < 1.29 is 4.79 Å². The molecule has 25 heavy (non-hydrogen) atoms. The molecule has 2 rings (SSSR count). The minimum atomic E-state index is -0.00316. The van der Waals surface area contributed by atoms with Crippen molar-refractivity contribution >= 4 is 23.5 Å². The van der Waals surface area contributed by atoms with Crippen molar-refractivity contribution in [3.05, 3.63) is 60.2 Å². The first kappa shape index (κ1) is 18.3. The van der Waals surface area contributed by atoms with Gasteiger partial charge in [-0.25, -0.2) is 0 Å². The zero-order chi connectivity index (χ0) is 18.1. The molecule has 5 nitrogen and oxygen atoms in total. The first-order chi connectivity index (χ1) is 12.2. The molecule has 0 radical (unpaired) electrons. The summed E-state index contributed by atoms with van der Waals surface area (Å²) in [5, 5.41) is 5.90. The predicted molar refractivity (Wildman–Crippen MR) is 106 cm³/mol. The summed E-state index contributed by atoms with van der Waals surface area (Å²) in [6.07, 6.45) is 3.84. The smallest absolute Gasteiger partial charge is 0.221 e. The van der Waals surface area contributed by atoms with Crippen LogP contribution in [0.5, 0.6) is 0 Å². The number of carbonyl (C=O) groups excluding carboxylic acids is 1. The van der Waals surface area contributed by atoms with Gasteiger partial charge in [-0.15, -0.1) is 0 Å². The minimum absolute atomic E-state index is 0.00316. The highest BCUT2D eigenvalue weighted by Crippen LogP contribution is 2.28. The molecule has 4 N–H and O–H groups in total. The molecule has 2 aromatic rings. The molecule has 1 amide bonds. The Morgan fingerprint density at radius 2 is 1.92 bits per heavy atom. The second-order valence-corrected chi connectivity index (χ2v) is 5.51. The van der Waals surface area contributed by atoms with E-state index >= 15 is 0 Å². The van der Waals surface area contributed by atoms with Crippen molar-refractivity contribution in [2.75, 3.05) is 26.0 Å². The quantitative estimate of drug-likeness (QED) is 0.680. The van der Waals surface area contributed by atoms with Gasteiger partial charge >= 0.3 is 0 Å². The second kappa shape index (κ2) is 9.27. The molecule has 0 spiro atoms. The van der Waals surface area contributed by atoms with Gasteiger partial charge < -0.3 is 16.4 Å². The lowest BCUT2D eigenvalue weighted by Gasteiger charge is -2.14. The maximum Gasteiger partial charge on any atom is 0.221 e. The van der Waals surface area contributed by atoms with E-state index in [-0.39, 0.29) is 5.91 Å². The molecule has 0 saturated carbocycles. The number of carbonyl (C=O) groups is 1. The summed E-state index contributed by atoms with van der Waals surface area (Å²) >= 11 is 0. The monoisotopic (exact) mass is 336 g/mol. The number of aliphatic imine (C=N–C) groups is 1. The number of nitrogens with two attached hydrogens (primary N) is 1. The van der Waals surface area contributed by atoms with Gasteiger partial charge in [0.05, 0.1) is 0 Å². The molecule has 0 unspecified atom stereocenters. The largest absolute Gasteiger partial charge is 0.398 e. The number of hydrogen-bond donors (Lipinski definition) is 3. The number of nitrogens with one attached hydrogen (secondary N) is 2. The molecule has 0 saturated heterocycles. The van der Waals surface area contributed by atoms with E-state index in [9.17, 15) is 4.79 Å². The molecule has 2 aromatic carbocycles. The van der Waals surface area contributed by atoms with E-state index in [1.165, 1.54) is 0 Å². The molecule has 0 atom stereocenters. The van der Waals surface area contributed by atoms with E-state index in [1.54, 1.807) is 26.4 Å². The van der Waals surface area contributed by atoms with Gasteiger partial charge in [0.25, 0.3) is 0 Å². The van der Waals surface area contributed by atoms with Gasteiger partial charge in [-0.05, 0) is 29.3 Å². The van der Waals surface area contributed by atoms with Crippen molar-refractivity contribution in [1.29, 1.82) is 0 Å². The fourth-order valence-electron chi connectivity index (χ4n) is 2.43. The Morgan fingerprint density at radius 3 is 2.60 bits per heavy atom. The number of allylic oxidation sites excluding steroid dienone is 1. The predicted octanol–water partition coefficient (Wildman–Crippen LogP) is 2.90. The number of hydrogen-bond acceptors (Lipinski definition) is 4. The van der Waals surface area contributed by atoms with Crippen LogP contribution in [0.15, 0.2) is 59.6 Å². The third-order valence-electron chi connectivity index (χ3n) is 3.79. The van der Waals surface area contributed by atoms with Gasteiger partial charge in [0.1, 0.15) is 0 Å². The highest BCUT2D eigenvalue weighted by atomic mass is 16.1. The summed E-state index contributed by atoms with van der Waals surface area (Å²) in [6, 6.07) is 16.2. The van der Waals surface area contributed by atoms with E-state index in [0.29, 0.717) is 18.7 Å². The van der Waals surface area contributed by atoms with Crippen molar-refractivity contribution in [3.8, 4) is 11.1 Å². The van der Waals surface area contributed by atoms with Gasteiger partial charge in [0.2, 0.25) is 5.91 Å². The molecule has 5 heteroatoms. The van der Waals surface area contributed by atoms with E-state index in [4.69, 9.17) is 5.73 Å². The van der Waals surface area contributed by atoms with Gasteiger partial charge in [-0.1, -0.05) is 36.4 Å². The minimum Gasteiger partial charge on any atom is -0.398 e. The summed E-state index contributed by atoms with van der Waals surface area (Å²) in [5.41, 5.74) is 10.8. The third kappa shape index (κ3) is 5.21. The number of amides is 1. The molecular weight excluding hydrogens is 312 g/mol. The second-order valence-electron chi connectivity index (χ2n) is 5.51. The molecule has 0 aliphatic heterocycles. The third-order valence-corrected chi connectivity index (χ3v) is 3.79. The standard InChI is InChI=1S/C20H24N4O/c1-22-12-10-18(21)17-14-16(15-6-4-3-5-7-15)8-9-19(17)24-13-11-20(25)23-2/h3-10,12,14,24H,11,13,21H2,1-2H3,(H,23,25)/b18-10-,22-12?. The number of anilines is 1. The fraction of sp³-hybridized carbons (Fsp3) is 0.200. The van der Waals surface area contributed by atoms with E-state index < -0.39 is 0 Å². The molecule has 130 valence electrons. The average molecular weight is 336 g/mol. The summed E-state index contributed by atoms with van der Waals surface area (Å²) in [6.45, 7) is 0.534. The molecule has 0 heterocycles. The normalized spacial score (nSPS) is 11.5. The van der Waals surface area contributed by atoms with Crippen LogP contribution in [-0.4, -0.2) is 32.8 Å². The Morgan fingerprint density at radius 1 is 1.16 bits per heavy atom. The molecule has 0 aliphatic carbocycles. The van der Waals surface area contributed by atoms with Crippen LogP contribution in [0.1, 0.15) is 12.0 Å². The van der Waals surface area contributed by atoms with Crippen LogP contribution in [-0.2, 0) is 4.79 Å². The maximum absolute atomic E-state index is 11.4. The summed E-state index contributed by atoms with van der Waals surface area (Å²) in [5.74, 6) is -0.00316. The summed E-state index contributed by atoms with van der Waals surface area (Å²) in [4.78, 5) is 15.3. The van der Waals surface area contributed by atoms with Gasteiger partial charge in [-0.2, -0.15) is 0 Å². The topological polar surface area (TPSA) is 79.5 Å². The van der Waals surface area contributed by atoms with Crippen LogP contribution < -0.4 is 16.4 Å². The van der Waals surface area contributed by atoms with E-state index in [0.717, 1.165) is 22.4 Å². The van der Waals surface area contributed by atoms with Crippen LogP contribution in [0.3, 0.4) is 0 Å². The van der Waals surface area contributed by atoms with Crippen molar-refractivity contribution in [2.45, 2.75) is 6.42 Å². The van der Waals surface area contributed by atoms with Gasteiger partial charge in [-0.3, -0.25) is 9.79 Å². The van der Waals surface area contributed by atoms with Crippen LogP contribution in [0.4, 0.5) is 5.69 Å². The fourth-order valence-corrected chi connectivity index (χ4v) is 2.43. The number of benzene rings is 2. The van der Waals surface area contributed by atoms with Gasteiger partial charge in [0.15, 0.2) is 0 Å². The van der Waals surface area contributed by atoms with Crippen molar-refractivity contribution in [2.24, 2.45) is 10.7 Å². The Hall–Kier alpha value is -3.08. The van der Waals surface area contributed by atoms with E-state index in [1.807, 2.05) is 36.4 Å². The van der Waals surface area contributed by atoms with Crippen LogP contribution in [0.25, 0.3) is 16.8 Å². The first-order valence-corrected chi connectivity index (χ1v) is 8.18. The lowest BCUT2D eigenvalue weighted by molar-refractivity contribution is -0.120. The maximum atomic E-state index is 11.4. The van der Waals surface area contributed by atoms with E-state index in [2.05, 4.69) is 27.8 Å². The Kier molecular flexibility index (Phi) is 6.77. The highest BCUT2D eigenvalue weighted by molar-refractivity contribution is 5.88. The number of rotatable bonds is 7. The lowest BCUT2D eigenvalue weighted by atomic mass is 10.00. The Labute approximate surface area is 148 Å². The van der Waals surface area contributed by atoms with Gasteiger partial charge in [0, 0.05) is 50.2 Å². The molecule has 0 aliphatic rings. The Bertz CT molecular complexity index is 767. The zero-order valence-corrected chi connectivity index (χ0v) is 14.6. The average Bonchev–Trinajstić information content (AvgIpc) is 2.66. The summed E-state index contributed by atoms with van der Waals surface area (Å²) < 4.78 is 0. The van der Waals surface area contributed by atoms with Crippen LogP contribution in [0, 0.1) is 0 Å². The lowest BCUT2D eigenvalue weighted by Crippen LogP contribution is -2.21. The van der Waals surface area contributed by atoms with Crippen molar-refractivity contribution in [3.63, 3.8) is 0 Å². The molecule has 0 bridgehead atoms.